The minimum absolute atomic E-state index is 0.0263. The first-order valence-corrected chi connectivity index (χ1v) is 25.1. The molecule has 4 saturated heterocycles. The maximum atomic E-state index is 7.45. The number of nitrogens with zero attached hydrogens (tertiary/aromatic N) is 4. The van der Waals surface area contributed by atoms with Gasteiger partial charge in [-0.2, -0.15) is 0 Å². The molecule has 8 nitrogen and oxygen atoms in total. The molecule has 1 N–H and O–H groups in total. The maximum absolute atomic E-state index is 7.45. The highest BCUT2D eigenvalue weighted by Crippen LogP contribution is 2.52. The first kappa shape index (κ1) is 33.8. The van der Waals surface area contributed by atoms with Crippen LogP contribution in [0.4, 0.5) is 5.82 Å². The SMILES string of the molecule is CC(C)(C)[Si]1(Nc2ncnc3c2ncn3[C@@H]2CC(O[Si]3(C(C)(C)C)CCCC3)[C@H](CO[Si]3(C(C)(C)C)CCCC3)O2)CCCC1. The van der Waals surface area contributed by atoms with Crippen molar-refractivity contribution < 1.29 is 13.6 Å². The summed E-state index contributed by atoms with van der Waals surface area (Å²) in [5.74, 6) is 0.900. The van der Waals surface area contributed by atoms with E-state index in [1.54, 1.807) is 6.33 Å². The fourth-order valence-corrected chi connectivity index (χ4v) is 23.3. The Balaban J connectivity index is 1.29. The fraction of sp³-hybridized carbons (Fsp3) is 0.853. The van der Waals surface area contributed by atoms with Gasteiger partial charge in [-0.15, -0.1) is 0 Å². The summed E-state index contributed by atoms with van der Waals surface area (Å²) in [7, 11) is -5.62. The van der Waals surface area contributed by atoms with Crippen molar-refractivity contribution in [3.05, 3.63) is 12.7 Å². The zero-order chi connectivity index (χ0) is 32.3. The number of ether oxygens (including phenoxy) is 1. The van der Waals surface area contributed by atoms with Gasteiger partial charge in [0.1, 0.15) is 30.0 Å². The smallest absolute Gasteiger partial charge is 0.198 e. The highest BCUT2D eigenvalue weighted by molar-refractivity contribution is 6.86. The third-order valence-corrected chi connectivity index (χ3v) is 30.1. The standard InChI is InChI=1S/C34H61N5O3Si3/c1-32(2,3)43(16-10-11-17-43)38-30-29-31(36-24-35-30)39(25-37-29)28-22-26(42-45(34(7,8)9)20-14-15-21-45)27(41-28)23-40-44(33(4,5)6)18-12-13-19-44/h24-28H,10-23H2,1-9H3,(H,35,36,38)/t26?,27-,28-/m0/s1. The van der Waals surface area contributed by atoms with E-state index in [1.165, 1.54) is 74.8 Å². The number of imidazole rings is 1. The summed E-state index contributed by atoms with van der Waals surface area (Å²) in [5, 5.41) is 0.664. The van der Waals surface area contributed by atoms with Gasteiger partial charge in [0.15, 0.2) is 30.5 Å². The average Bonchev–Trinajstić information content (AvgIpc) is 3.77. The zero-order valence-corrected chi connectivity index (χ0v) is 32.8. The number of rotatable bonds is 8. The topological polar surface area (TPSA) is 83.3 Å². The Morgan fingerprint density at radius 2 is 1.36 bits per heavy atom. The third kappa shape index (κ3) is 6.16. The Labute approximate surface area is 275 Å². The van der Waals surface area contributed by atoms with Crippen LogP contribution in [0.25, 0.3) is 11.2 Å². The number of aromatic nitrogens is 4. The summed E-state index contributed by atoms with van der Waals surface area (Å²) in [6, 6.07) is 7.60. The second-order valence-corrected chi connectivity index (χ2v) is 32.4. The van der Waals surface area contributed by atoms with Crippen molar-refractivity contribution in [1.82, 2.24) is 19.5 Å². The van der Waals surface area contributed by atoms with E-state index >= 15 is 0 Å². The van der Waals surface area contributed by atoms with Gasteiger partial charge < -0.3 is 18.6 Å². The van der Waals surface area contributed by atoms with Crippen molar-refractivity contribution in [3.63, 3.8) is 0 Å². The van der Waals surface area contributed by atoms with Gasteiger partial charge in [0.05, 0.1) is 19.0 Å². The van der Waals surface area contributed by atoms with Gasteiger partial charge in [-0.05, 0) is 51.4 Å². The predicted octanol–water partition coefficient (Wildman–Crippen LogP) is 9.55. The van der Waals surface area contributed by atoms with Crippen molar-refractivity contribution in [2.75, 3.05) is 11.6 Å². The highest BCUT2D eigenvalue weighted by Gasteiger charge is 2.54. The zero-order valence-electron chi connectivity index (χ0n) is 29.8. The molecule has 4 fully saturated rings. The molecule has 0 radical (unpaired) electrons. The van der Waals surface area contributed by atoms with Crippen LogP contribution >= 0.6 is 0 Å². The van der Waals surface area contributed by atoms with Gasteiger partial charge >= 0.3 is 0 Å². The molecule has 4 aliphatic rings. The van der Waals surface area contributed by atoms with Crippen LogP contribution < -0.4 is 4.98 Å². The van der Waals surface area contributed by atoms with Gasteiger partial charge in [-0.25, -0.2) is 15.0 Å². The summed E-state index contributed by atoms with van der Waals surface area (Å²) < 4.78 is 23.7. The largest absolute Gasteiger partial charge is 0.414 e. The van der Waals surface area contributed by atoms with E-state index in [0.29, 0.717) is 6.61 Å². The van der Waals surface area contributed by atoms with Crippen LogP contribution in [0.5, 0.6) is 0 Å². The van der Waals surface area contributed by atoms with Gasteiger partial charge in [0.2, 0.25) is 0 Å². The van der Waals surface area contributed by atoms with Crippen LogP contribution in [0.1, 0.15) is 113 Å². The molecule has 0 bridgehead atoms. The summed E-state index contributed by atoms with van der Waals surface area (Å²) in [5.41, 5.74) is 1.72. The lowest BCUT2D eigenvalue weighted by Gasteiger charge is -2.43. The van der Waals surface area contributed by atoms with Crippen molar-refractivity contribution in [2.24, 2.45) is 0 Å². The first-order valence-electron chi connectivity index (χ1n) is 18.0. The minimum atomic E-state index is -1.96. The van der Waals surface area contributed by atoms with Crippen LogP contribution in [0.3, 0.4) is 0 Å². The molecule has 6 rings (SSSR count). The fourth-order valence-electron chi connectivity index (χ4n) is 9.15. The van der Waals surface area contributed by atoms with Crippen LogP contribution in [0.15, 0.2) is 12.7 Å². The van der Waals surface area contributed by atoms with Gasteiger partial charge in [0, 0.05) is 6.42 Å². The molecule has 4 aliphatic heterocycles. The molecule has 2 aromatic rings. The van der Waals surface area contributed by atoms with Gasteiger partial charge in [-0.1, -0.05) is 101 Å². The molecule has 0 amide bonds. The van der Waals surface area contributed by atoms with E-state index in [2.05, 4.69) is 71.9 Å². The molecule has 0 spiro atoms. The van der Waals surface area contributed by atoms with Crippen molar-refractivity contribution in [3.8, 4) is 0 Å². The van der Waals surface area contributed by atoms with Crippen LogP contribution in [-0.4, -0.2) is 63.2 Å². The van der Waals surface area contributed by atoms with Crippen LogP contribution in [-0.2, 0) is 13.6 Å². The summed E-state index contributed by atoms with van der Waals surface area (Å²) in [6.45, 7) is 22.3. The number of anilines is 1. The Hall–Kier alpha value is -1.12. The van der Waals surface area contributed by atoms with E-state index in [9.17, 15) is 0 Å². The van der Waals surface area contributed by atoms with E-state index in [4.69, 9.17) is 28.5 Å². The molecule has 11 heteroatoms. The predicted molar refractivity (Wildman–Crippen MR) is 191 cm³/mol. The monoisotopic (exact) mass is 671 g/mol. The second kappa shape index (κ2) is 12.1. The van der Waals surface area contributed by atoms with E-state index in [0.717, 1.165) is 23.4 Å². The number of nitrogens with one attached hydrogen (secondary N) is 1. The molecule has 45 heavy (non-hydrogen) atoms. The Bertz CT molecular complexity index is 1330. The number of hydrogen-bond acceptors (Lipinski definition) is 7. The molecule has 252 valence electrons. The highest BCUT2D eigenvalue weighted by atomic mass is 28.4. The summed E-state index contributed by atoms with van der Waals surface area (Å²) in [4.78, 5) is 18.5. The molecule has 0 saturated carbocycles. The molecule has 2 aromatic heterocycles. The molecular weight excluding hydrogens is 611 g/mol. The maximum Gasteiger partial charge on any atom is 0.198 e. The van der Waals surface area contributed by atoms with E-state index < -0.39 is 24.9 Å². The van der Waals surface area contributed by atoms with E-state index in [-0.39, 0.29) is 33.6 Å². The lowest BCUT2D eigenvalue weighted by Crippen LogP contribution is -2.51. The Morgan fingerprint density at radius 3 is 1.93 bits per heavy atom. The number of fused-ring (bicyclic) bond motifs is 1. The lowest BCUT2D eigenvalue weighted by molar-refractivity contribution is -0.0389. The summed E-state index contributed by atoms with van der Waals surface area (Å²) in [6.07, 6.45) is 12.0. The first-order chi connectivity index (χ1) is 21.1. The van der Waals surface area contributed by atoms with Gasteiger partial charge in [-0.3, -0.25) is 4.57 Å². The normalized spacial score (nSPS) is 28.3. The minimum Gasteiger partial charge on any atom is -0.414 e. The molecule has 0 aliphatic carbocycles. The molecule has 3 atom stereocenters. The Morgan fingerprint density at radius 1 is 0.778 bits per heavy atom. The molecule has 6 heterocycles. The lowest BCUT2D eigenvalue weighted by atomic mass is 10.2. The third-order valence-electron chi connectivity index (χ3n) is 12.6. The Kier molecular flexibility index (Phi) is 9.07. The molecule has 0 aromatic carbocycles. The van der Waals surface area contributed by atoms with Crippen molar-refractivity contribution in [2.45, 2.75) is 177 Å². The quantitative estimate of drug-likeness (QED) is 0.280. The molecular formula is C34H61N5O3Si3. The van der Waals surface area contributed by atoms with Crippen molar-refractivity contribution >= 4 is 41.9 Å². The number of hydrogen-bond donors (Lipinski definition) is 1. The van der Waals surface area contributed by atoms with E-state index in [1.807, 2.05) is 6.33 Å². The van der Waals surface area contributed by atoms with Crippen LogP contribution in [0, 0.1) is 0 Å². The van der Waals surface area contributed by atoms with Crippen molar-refractivity contribution in [1.29, 1.82) is 0 Å². The van der Waals surface area contributed by atoms with Crippen LogP contribution in [0.2, 0.25) is 51.4 Å². The molecule has 1 unspecified atom stereocenters. The summed E-state index contributed by atoms with van der Waals surface area (Å²) >= 11 is 0. The second-order valence-electron chi connectivity index (χ2n) is 17.9. The average molecular weight is 672 g/mol. The van der Waals surface area contributed by atoms with Gasteiger partial charge in [0.25, 0.3) is 0 Å².